The SMILES string of the molecule is CC(=O)Nc1ccc(S[C@@H](C(=O)Nc2ccc(Cl)cc2C(F)(F)F)c2ccccc2)cc1. The van der Waals surface area contributed by atoms with E-state index in [2.05, 4.69) is 10.6 Å². The molecule has 0 saturated carbocycles. The van der Waals surface area contributed by atoms with Crippen molar-refractivity contribution in [2.24, 2.45) is 0 Å². The van der Waals surface area contributed by atoms with Gasteiger partial charge in [-0.25, -0.2) is 0 Å². The molecule has 0 fully saturated rings. The predicted octanol–water partition coefficient (Wildman–Crippen LogP) is 6.79. The number of benzene rings is 3. The highest BCUT2D eigenvalue weighted by molar-refractivity contribution is 8.00. The van der Waals surface area contributed by atoms with E-state index in [1.54, 1.807) is 54.6 Å². The van der Waals surface area contributed by atoms with Crippen molar-refractivity contribution < 1.29 is 22.8 Å². The summed E-state index contributed by atoms with van der Waals surface area (Å²) in [6.07, 6.45) is -4.68. The molecule has 2 amide bonds. The van der Waals surface area contributed by atoms with Gasteiger partial charge in [-0.1, -0.05) is 41.9 Å². The van der Waals surface area contributed by atoms with Crippen LogP contribution in [0.15, 0.2) is 77.7 Å². The summed E-state index contributed by atoms with van der Waals surface area (Å²) in [5.41, 5.74) is -0.161. The van der Waals surface area contributed by atoms with Crippen molar-refractivity contribution in [3.05, 3.63) is 88.9 Å². The van der Waals surface area contributed by atoms with Crippen LogP contribution >= 0.6 is 23.4 Å². The first kappa shape index (κ1) is 23.7. The second kappa shape index (κ2) is 10.1. The summed E-state index contributed by atoms with van der Waals surface area (Å²) >= 11 is 6.91. The van der Waals surface area contributed by atoms with Crippen LogP contribution in [0.4, 0.5) is 24.5 Å². The zero-order valence-electron chi connectivity index (χ0n) is 16.7. The molecule has 166 valence electrons. The molecule has 0 aliphatic carbocycles. The number of carbonyl (C=O) groups is 2. The van der Waals surface area contributed by atoms with Gasteiger partial charge in [0, 0.05) is 22.5 Å². The Morgan fingerprint density at radius 3 is 2.19 bits per heavy atom. The minimum absolute atomic E-state index is 0.0800. The van der Waals surface area contributed by atoms with Crippen LogP contribution in [0.5, 0.6) is 0 Å². The van der Waals surface area contributed by atoms with Crippen LogP contribution in [0.25, 0.3) is 0 Å². The van der Waals surface area contributed by atoms with E-state index in [9.17, 15) is 22.8 Å². The van der Waals surface area contributed by atoms with Gasteiger partial charge in [-0.05, 0) is 48.0 Å². The summed E-state index contributed by atoms with van der Waals surface area (Å²) in [4.78, 5) is 25.0. The number of hydrogen-bond donors (Lipinski definition) is 2. The smallest absolute Gasteiger partial charge is 0.326 e. The Labute approximate surface area is 192 Å². The standard InChI is InChI=1S/C23H18ClF3N2O2S/c1-14(30)28-17-8-10-18(11-9-17)32-21(15-5-3-2-4-6-15)22(31)29-20-12-7-16(24)13-19(20)23(25,26)27/h2-13,21H,1H3,(H,28,30)(H,29,31)/t21-/m1/s1. The number of rotatable bonds is 6. The van der Waals surface area contributed by atoms with Crippen molar-refractivity contribution in [1.29, 1.82) is 0 Å². The quantitative estimate of drug-likeness (QED) is 0.383. The minimum atomic E-state index is -4.68. The van der Waals surface area contributed by atoms with Gasteiger partial charge in [0.15, 0.2) is 0 Å². The minimum Gasteiger partial charge on any atom is -0.326 e. The van der Waals surface area contributed by atoms with Crippen molar-refractivity contribution in [3.63, 3.8) is 0 Å². The lowest BCUT2D eigenvalue weighted by molar-refractivity contribution is -0.137. The Balaban J connectivity index is 1.89. The Morgan fingerprint density at radius 2 is 1.59 bits per heavy atom. The fraction of sp³-hybridized carbons (Fsp3) is 0.130. The molecular weight excluding hydrogens is 461 g/mol. The van der Waals surface area contributed by atoms with Crippen LogP contribution in [0.1, 0.15) is 23.3 Å². The number of halogens is 4. The summed E-state index contributed by atoms with van der Waals surface area (Å²) in [6, 6.07) is 18.8. The van der Waals surface area contributed by atoms with Gasteiger partial charge in [0.1, 0.15) is 5.25 Å². The molecule has 0 heterocycles. The molecule has 0 aromatic heterocycles. The highest BCUT2D eigenvalue weighted by Gasteiger charge is 2.35. The fourth-order valence-electron chi connectivity index (χ4n) is 2.92. The number of nitrogens with one attached hydrogen (secondary N) is 2. The van der Waals surface area contributed by atoms with Gasteiger partial charge >= 0.3 is 6.18 Å². The largest absolute Gasteiger partial charge is 0.418 e. The first-order valence-electron chi connectivity index (χ1n) is 9.40. The first-order valence-corrected chi connectivity index (χ1v) is 10.7. The van der Waals surface area contributed by atoms with Gasteiger partial charge in [-0.2, -0.15) is 13.2 Å². The van der Waals surface area contributed by atoms with Crippen molar-refractivity contribution in [2.75, 3.05) is 10.6 Å². The molecule has 0 aliphatic heterocycles. The van der Waals surface area contributed by atoms with Gasteiger partial charge in [0.05, 0.1) is 11.3 Å². The molecule has 0 bridgehead atoms. The Kier molecular flexibility index (Phi) is 7.48. The monoisotopic (exact) mass is 478 g/mol. The average Bonchev–Trinajstić information content (AvgIpc) is 2.74. The molecule has 0 saturated heterocycles. The summed E-state index contributed by atoms with van der Waals surface area (Å²) in [6.45, 7) is 1.39. The van der Waals surface area contributed by atoms with Crippen molar-refractivity contribution >= 4 is 46.6 Å². The predicted molar refractivity (Wildman–Crippen MR) is 121 cm³/mol. The van der Waals surface area contributed by atoms with E-state index in [4.69, 9.17) is 11.6 Å². The van der Waals surface area contributed by atoms with E-state index in [-0.39, 0.29) is 16.6 Å². The van der Waals surface area contributed by atoms with Crippen LogP contribution in [0.3, 0.4) is 0 Å². The summed E-state index contributed by atoms with van der Waals surface area (Å²) in [5, 5.41) is 4.16. The topological polar surface area (TPSA) is 58.2 Å². The van der Waals surface area contributed by atoms with E-state index >= 15 is 0 Å². The lowest BCUT2D eigenvalue weighted by Gasteiger charge is -2.19. The first-order chi connectivity index (χ1) is 15.1. The Hall–Kier alpha value is -2.97. The van der Waals surface area contributed by atoms with Gasteiger partial charge in [-0.3, -0.25) is 9.59 Å². The molecule has 1 atom stereocenters. The van der Waals surface area contributed by atoms with Crippen LogP contribution < -0.4 is 10.6 Å². The highest BCUT2D eigenvalue weighted by atomic mass is 35.5. The number of alkyl halides is 3. The molecule has 0 spiro atoms. The van der Waals surface area contributed by atoms with E-state index < -0.39 is 22.9 Å². The molecule has 32 heavy (non-hydrogen) atoms. The number of amides is 2. The summed E-state index contributed by atoms with van der Waals surface area (Å²) < 4.78 is 40.3. The Morgan fingerprint density at radius 1 is 0.938 bits per heavy atom. The van der Waals surface area contributed by atoms with Gasteiger partial charge in [0.25, 0.3) is 0 Å². The maximum absolute atomic E-state index is 13.4. The van der Waals surface area contributed by atoms with Crippen LogP contribution in [-0.2, 0) is 15.8 Å². The zero-order chi connectivity index (χ0) is 23.3. The van der Waals surface area contributed by atoms with E-state index in [1.165, 1.54) is 24.8 Å². The zero-order valence-corrected chi connectivity index (χ0v) is 18.3. The number of carbonyl (C=O) groups excluding carboxylic acids is 2. The molecule has 0 unspecified atom stereocenters. The number of thioether (sulfide) groups is 1. The molecule has 9 heteroatoms. The van der Waals surface area contributed by atoms with Gasteiger partial charge < -0.3 is 10.6 Å². The van der Waals surface area contributed by atoms with E-state index in [0.29, 0.717) is 16.1 Å². The van der Waals surface area contributed by atoms with Gasteiger partial charge in [0.2, 0.25) is 11.8 Å². The summed E-state index contributed by atoms with van der Waals surface area (Å²) in [7, 11) is 0. The lowest BCUT2D eigenvalue weighted by atomic mass is 10.1. The van der Waals surface area contributed by atoms with Gasteiger partial charge in [-0.15, -0.1) is 11.8 Å². The van der Waals surface area contributed by atoms with E-state index in [0.717, 1.165) is 12.1 Å². The third-order valence-electron chi connectivity index (χ3n) is 4.31. The maximum atomic E-state index is 13.4. The molecular formula is C23H18ClF3N2O2S. The molecule has 4 nitrogen and oxygen atoms in total. The van der Waals surface area contributed by atoms with Crippen molar-refractivity contribution in [3.8, 4) is 0 Å². The Bertz CT molecular complexity index is 1110. The molecule has 0 aliphatic rings. The highest BCUT2D eigenvalue weighted by Crippen LogP contribution is 2.40. The second-order valence-corrected chi connectivity index (χ2v) is 8.41. The second-order valence-electron chi connectivity index (χ2n) is 6.79. The number of anilines is 2. The normalized spacial score (nSPS) is 12.2. The van der Waals surface area contributed by atoms with Crippen LogP contribution in [-0.4, -0.2) is 11.8 Å². The molecule has 2 N–H and O–H groups in total. The molecule has 3 aromatic carbocycles. The third kappa shape index (κ3) is 6.27. The van der Waals surface area contributed by atoms with Crippen molar-refractivity contribution in [2.45, 2.75) is 23.2 Å². The van der Waals surface area contributed by atoms with E-state index in [1.807, 2.05) is 0 Å². The third-order valence-corrected chi connectivity index (χ3v) is 5.82. The summed E-state index contributed by atoms with van der Waals surface area (Å²) in [5.74, 6) is -0.824. The lowest BCUT2D eigenvalue weighted by Crippen LogP contribution is -2.21. The number of hydrogen-bond acceptors (Lipinski definition) is 3. The molecule has 3 aromatic rings. The van der Waals surface area contributed by atoms with Crippen LogP contribution in [0, 0.1) is 0 Å². The molecule has 0 radical (unpaired) electrons. The maximum Gasteiger partial charge on any atom is 0.418 e. The van der Waals surface area contributed by atoms with Crippen LogP contribution in [0.2, 0.25) is 5.02 Å². The average molecular weight is 479 g/mol. The molecule has 3 rings (SSSR count). The fourth-order valence-corrected chi connectivity index (χ4v) is 4.11. The van der Waals surface area contributed by atoms with Crippen molar-refractivity contribution in [1.82, 2.24) is 0 Å².